The van der Waals surface area contributed by atoms with Crippen molar-refractivity contribution in [3.8, 4) is 0 Å². The van der Waals surface area contributed by atoms with Gasteiger partial charge in [-0.3, -0.25) is 0 Å². The van der Waals surface area contributed by atoms with Gasteiger partial charge in [-0.15, -0.1) is 0 Å². The molecule has 1 aliphatic rings. The number of nitrogens with one attached hydrogen (secondary N) is 1. The zero-order valence-corrected chi connectivity index (χ0v) is 12.7. The summed E-state index contributed by atoms with van der Waals surface area (Å²) in [4.78, 5) is 0. The first-order valence-corrected chi connectivity index (χ1v) is 7.12. The van der Waals surface area contributed by atoms with Crippen molar-refractivity contribution in [2.24, 2.45) is 0 Å². The molecule has 1 aliphatic carbocycles. The maximum absolute atomic E-state index is 5.63. The Kier molecular flexibility index (Phi) is 4.65. The predicted molar refractivity (Wildman–Crippen MR) is 77.1 cm³/mol. The molecule has 0 bridgehead atoms. The molecular formula is C14H20BrNO2. The van der Waals surface area contributed by atoms with E-state index in [0.717, 1.165) is 23.2 Å². The highest BCUT2D eigenvalue weighted by Crippen LogP contribution is 2.33. The molecule has 1 N–H and O–H groups in total. The molecule has 1 fully saturated rings. The lowest BCUT2D eigenvalue weighted by atomic mass is 9.85. The third kappa shape index (κ3) is 2.71. The Hall–Kier alpha value is -0.580. The van der Waals surface area contributed by atoms with Crippen molar-refractivity contribution in [1.82, 2.24) is 0 Å². The maximum Gasteiger partial charge on any atom is 0.103 e. The van der Waals surface area contributed by atoms with Crippen molar-refractivity contribution in [3.63, 3.8) is 0 Å². The topological polar surface area (TPSA) is 30.5 Å². The van der Waals surface area contributed by atoms with E-state index in [2.05, 4.69) is 46.4 Å². The van der Waals surface area contributed by atoms with Gasteiger partial charge in [0, 0.05) is 23.9 Å². The van der Waals surface area contributed by atoms with E-state index in [1.807, 2.05) is 6.92 Å². The minimum Gasteiger partial charge on any atom is -0.379 e. The number of halogens is 1. The van der Waals surface area contributed by atoms with Crippen molar-refractivity contribution in [2.75, 3.05) is 19.0 Å². The Balaban J connectivity index is 2.00. The summed E-state index contributed by atoms with van der Waals surface area (Å²) in [5, 5.41) is 3.52. The largest absolute Gasteiger partial charge is 0.379 e. The molecule has 0 aliphatic heterocycles. The zero-order chi connectivity index (χ0) is 13.1. The summed E-state index contributed by atoms with van der Waals surface area (Å²) in [5.74, 6) is 0. The molecule has 0 aromatic heterocycles. The van der Waals surface area contributed by atoms with Crippen molar-refractivity contribution in [3.05, 3.63) is 28.2 Å². The fourth-order valence-electron chi connectivity index (χ4n) is 2.37. The minimum absolute atomic E-state index is 0.136. The van der Waals surface area contributed by atoms with Gasteiger partial charge in [0.05, 0.1) is 12.1 Å². The van der Waals surface area contributed by atoms with Crippen LogP contribution in [-0.2, 0) is 9.47 Å². The van der Waals surface area contributed by atoms with E-state index in [-0.39, 0.29) is 12.2 Å². The van der Waals surface area contributed by atoms with Crippen molar-refractivity contribution < 1.29 is 9.47 Å². The van der Waals surface area contributed by atoms with E-state index in [1.54, 1.807) is 7.11 Å². The van der Waals surface area contributed by atoms with Gasteiger partial charge >= 0.3 is 0 Å². The molecule has 0 amide bonds. The van der Waals surface area contributed by atoms with Crippen molar-refractivity contribution in [1.29, 1.82) is 0 Å². The van der Waals surface area contributed by atoms with E-state index in [0.29, 0.717) is 6.04 Å². The first kappa shape index (κ1) is 13.8. The van der Waals surface area contributed by atoms with Crippen LogP contribution in [0.3, 0.4) is 0 Å². The molecule has 2 rings (SSSR count). The Morgan fingerprint density at radius 3 is 2.89 bits per heavy atom. The third-order valence-electron chi connectivity index (χ3n) is 3.43. The first-order valence-electron chi connectivity index (χ1n) is 6.33. The molecule has 18 heavy (non-hydrogen) atoms. The molecule has 1 aromatic carbocycles. The second-order valence-corrected chi connectivity index (χ2v) is 5.41. The number of methoxy groups -OCH3 is 1. The normalized spacial score (nSPS) is 26.8. The highest BCUT2D eigenvalue weighted by molar-refractivity contribution is 9.10. The van der Waals surface area contributed by atoms with Crippen LogP contribution in [0.15, 0.2) is 22.7 Å². The Labute approximate surface area is 117 Å². The van der Waals surface area contributed by atoms with Crippen molar-refractivity contribution >= 4 is 21.6 Å². The number of rotatable bonds is 5. The minimum atomic E-state index is 0.136. The SMILES string of the molecule is CCOC1CC(Nc2cccc(C)c2Br)C1OC. The number of ether oxygens (including phenoxy) is 2. The van der Waals surface area contributed by atoms with Crippen LogP contribution in [-0.4, -0.2) is 32.0 Å². The number of benzene rings is 1. The van der Waals surface area contributed by atoms with Gasteiger partial charge in [-0.25, -0.2) is 0 Å². The predicted octanol–water partition coefficient (Wildman–Crippen LogP) is 3.36. The third-order valence-corrected chi connectivity index (χ3v) is 4.49. The lowest BCUT2D eigenvalue weighted by Gasteiger charge is -2.44. The van der Waals surface area contributed by atoms with Gasteiger partial charge in [0.15, 0.2) is 0 Å². The van der Waals surface area contributed by atoms with E-state index in [1.165, 1.54) is 5.56 Å². The lowest BCUT2D eigenvalue weighted by molar-refractivity contribution is -0.118. The van der Waals surface area contributed by atoms with E-state index < -0.39 is 0 Å². The van der Waals surface area contributed by atoms with Crippen LogP contribution < -0.4 is 5.32 Å². The van der Waals surface area contributed by atoms with Gasteiger partial charge in [-0.05, 0) is 47.8 Å². The summed E-state index contributed by atoms with van der Waals surface area (Å²) in [6.07, 6.45) is 1.35. The van der Waals surface area contributed by atoms with E-state index in [9.17, 15) is 0 Å². The maximum atomic E-state index is 5.63. The Morgan fingerprint density at radius 1 is 1.44 bits per heavy atom. The van der Waals surface area contributed by atoms with Crippen LogP contribution in [0.25, 0.3) is 0 Å². The number of hydrogen-bond donors (Lipinski definition) is 1. The standard InChI is InChI=1S/C14H20BrNO2/c1-4-18-12-8-11(14(12)17-3)16-10-7-5-6-9(2)13(10)15/h5-7,11-12,14,16H,4,8H2,1-3H3. The van der Waals surface area contributed by atoms with E-state index >= 15 is 0 Å². The summed E-state index contributed by atoms with van der Waals surface area (Å²) in [7, 11) is 1.75. The van der Waals surface area contributed by atoms with Gasteiger partial charge in [0.25, 0.3) is 0 Å². The molecule has 0 heterocycles. The molecule has 3 atom stereocenters. The van der Waals surface area contributed by atoms with Crippen molar-refractivity contribution in [2.45, 2.75) is 38.5 Å². The monoisotopic (exact) mass is 313 g/mol. The smallest absolute Gasteiger partial charge is 0.103 e. The summed E-state index contributed by atoms with van der Waals surface area (Å²) < 4.78 is 12.3. The lowest BCUT2D eigenvalue weighted by Crippen LogP contribution is -2.56. The van der Waals surface area contributed by atoms with E-state index in [4.69, 9.17) is 9.47 Å². The summed E-state index contributed by atoms with van der Waals surface area (Å²) >= 11 is 3.62. The average Bonchev–Trinajstić information content (AvgIpc) is 2.33. The highest BCUT2D eigenvalue weighted by Gasteiger charge is 2.42. The second kappa shape index (κ2) is 6.04. The summed E-state index contributed by atoms with van der Waals surface area (Å²) in [6.45, 7) is 4.85. The van der Waals surface area contributed by atoms with Crippen LogP contribution in [0, 0.1) is 6.92 Å². The molecule has 1 saturated carbocycles. The zero-order valence-electron chi connectivity index (χ0n) is 11.1. The van der Waals surface area contributed by atoms with Gasteiger partial charge < -0.3 is 14.8 Å². The van der Waals surface area contributed by atoms with Gasteiger partial charge in [0.1, 0.15) is 6.10 Å². The fourth-order valence-corrected chi connectivity index (χ4v) is 2.75. The highest BCUT2D eigenvalue weighted by atomic mass is 79.9. The molecule has 4 heteroatoms. The molecule has 0 spiro atoms. The first-order chi connectivity index (χ1) is 8.67. The quantitative estimate of drug-likeness (QED) is 0.904. The number of hydrogen-bond acceptors (Lipinski definition) is 3. The summed E-state index contributed by atoms with van der Waals surface area (Å²) in [6, 6.07) is 6.55. The molecule has 1 aromatic rings. The molecular weight excluding hydrogens is 294 g/mol. The Bertz CT molecular complexity index is 411. The van der Waals surface area contributed by atoms with Crippen LogP contribution in [0.1, 0.15) is 18.9 Å². The summed E-state index contributed by atoms with van der Waals surface area (Å²) in [5.41, 5.74) is 2.35. The average molecular weight is 314 g/mol. The molecule has 100 valence electrons. The second-order valence-electron chi connectivity index (χ2n) is 4.62. The van der Waals surface area contributed by atoms with Gasteiger partial charge in [-0.2, -0.15) is 0 Å². The van der Waals surface area contributed by atoms with Crippen LogP contribution in [0.2, 0.25) is 0 Å². The fraction of sp³-hybridized carbons (Fsp3) is 0.571. The molecule has 0 radical (unpaired) electrons. The van der Waals surface area contributed by atoms with Crippen LogP contribution >= 0.6 is 15.9 Å². The van der Waals surface area contributed by atoms with Gasteiger partial charge in [0.2, 0.25) is 0 Å². The van der Waals surface area contributed by atoms with Crippen LogP contribution in [0.5, 0.6) is 0 Å². The molecule has 0 saturated heterocycles. The van der Waals surface area contributed by atoms with Gasteiger partial charge in [-0.1, -0.05) is 12.1 Å². The van der Waals surface area contributed by atoms with Crippen LogP contribution in [0.4, 0.5) is 5.69 Å². The number of aryl methyl sites for hydroxylation is 1. The Morgan fingerprint density at radius 2 is 2.22 bits per heavy atom. The molecule has 3 unspecified atom stereocenters. The molecule has 3 nitrogen and oxygen atoms in total. The number of anilines is 1.